The number of nitrogens with zero attached hydrogens (tertiary/aromatic N) is 30. The van der Waals surface area contributed by atoms with Crippen LogP contribution in [0.4, 0.5) is 27.4 Å². The summed E-state index contributed by atoms with van der Waals surface area (Å²) in [4.78, 5) is 77.7. The third-order valence-electron chi connectivity index (χ3n) is 22.9. The molecule has 3 spiro atoms. The third-order valence-corrected chi connectivity index (χ3v) is 25.9. The number of alkyl carbamates (subject to hydrolysis) is 2. The Morgan fingerprint density at radius 1 is 0.473 bits per heavy atom. The van der Waals surface area contributed by atoms with E-state index in [1.54, 1.807) is 35.9 Å². The van der Waals surface area contributed by atoms with Crippen molar-refractivity contribution in [2.24, 2.45) is 106 Å². The standard InChI is InChI=1S/C29H34N6O3S.C24H26N6OS.C20H29N5O3S.C9H6BrN.H3N17.Na/c1-19-24(33-27(36)38-28(2,3)4)29(18-37-19)9-12-34(13-10-29)26-32-17-23(25-31-11-14-35(25)26)39-22-16-30-15-20-7-5-6-8-21(20)22;1-16-21(25)24(15-31-16)6-9-29(10-7-24)23-28-14-20(22-27-8-11-30(22)23)32-19-13-26-12-17-4-2-3-5-18(17)19;1-13-15(23-18(26)28-19(2,3)4)20(12-27-13)5-8-24(9-6-20)17-22-11-14(29)16-21-7-10-25(16)17;10-9-6-11-5-7-3-1-2-4-8(7)9;1-3-5-7-9-11-13-15-17-16-14-12-10-8-6-4-2;/h5-8,11,14-17,19,24H,9-10,12-13,18H2,1-4H3,(H,33,36);2-5,8,11-14,16,21H,6-7,9-10,15,25H2,1H3;7,10-11,13,15,29H,5-6,8-9,12H2,1-4H3,(H,23,26);1-6H;(H3,1,2,5,6,9,10,13,14,17);/q;;;;;+1/p-1/t19-,24+;16-,21+;13-,15+;;;/m000.../s1. The van der Waals surface area contributed by atoms with Crippen LogP contribution < -0.4 is 66.5 Å². The van der Waals surface area contributed by atoms with Gasteiger partial charge in [0.15, 0.2) is 11.3 Å². The molecule has 0 unspecified atom stereocenters. The molecule has 6 aliphatic rings. The number of carbonyl (C=O) groups excluding carboxylic acids is 2. The number of pyridine rings is 3. The van der Waals surface area contributed by atoms with Crippen LogP contribution in [0.1, 0.15) is 101 Å². The van der Waals surface area contributed by atoms with Gasteiger partial charge in [-0.15, -0.1) is 4.90 Å². The summed E-state index contributed by atoms with van der Waals surface area (Å²) in [5.74, 6) is 7.25. The molecule has 0 saturated carbocycles. The number of aromatic nitrogens is 12. The Labute approximate surface area is 785 Å². The van der Waals surface area contributed by atoms with Gasteiger partial charge in [0.05, 0.1) is 60.0 Å². The summed E-state index contributed by atoms with van der Waals surface area (Å²) in [7, 11) is 0. The van der Waals surface area contributed by atoms with Crippen molar-refractivity contribution in [3.05, 3.63) is 170 Å². The number of benzene rings is 3. The quantitative estimate of drug-likeness (QED) is 0.0197. The van der Waals surface area contributed by atoms with E-state index in [4.69, 9.17) is 57.5 Å². The molecule has 47 heteroatoms. The predicted molar refractivity (Wildman–Crippen MR) is 481 cm³/mol. The monoisotopic (exact) mass is 1880 g/mol. The van der Waals surface area contributed by atoms with Gasteiger partial charge in [0, 0.05) is 185 Å². The molecular formula is C82H97BrN35NaO7S3. The molecule has 42 nitrogen and oxygen atoms in total. The SMILES string of the molecule is Brc1cncc2ccccc12.C[C@@H]1OCC2(CCN(c3ncc(Sc4cncc5ccccc45)c4nccn34)CC2)[C@@H]1N.C[C@@H]1OCC2(CCN(c3ncc(Sc4cncc5ccccc45)c4nccn34)CC2)[C@@H]1NC(=O)OC(C)(C)C.C[C@@H]1OCC2(CCN(c3ncc([S-])c4nccn34)CC2)[C@@H]1NC(=O)OC(C)(C)C.N=N/N=N/N=N/N=N/N=N/N=N/N=N/N=N/N.[Na+]. The zero-order valence-electron chi connectivity index (χ0n) is 72.7. The van der Waals surface area contributed by atoms with Gasteiger partial charge in [-0.2, -0.15) is 5.53 Å². The first-order valence-corrected chi connectivity index (χ1v) is 44.0. The molecule has 0 aliphatic carbocycles. The molecule has 6 fully saturated rings. The van der Waals surface area contributed by atoms with Crippen LogP contribution in [0.2, 0.25) is 0 Å². The Balaban J connectivity index is 0.000000145. The number of ether oxygens (including phenoxy) is 5. The molecule has 18 rings (SSSR count). The van der Waals surface area contributed by atoms with Crippen LogP contribution in [0.3, 0.4) is 0 Å². The summed E-state index contributed by atoms with van der Waals surface area (Å²) in [6.45, 7) is 24.5. The Bertz CT molecular complexity index is 6070. The average Bonchev–Trinajstić information content (AvgIpc) is 1.67. The van der Waals surface area contributed by atoms with Gasteiger partial charge >= 0.3 is 41.7 Å². The number of anilines is 3. The van der Waals surface area contributed by atoms with Crippen LogP contribution in [0.5, 0.6) is 0 Å². The molecule has 668 valence electrons. The van der Waals surface area contributed by atoms with E-state index in [9.17, 15) is 9.59 Å². The van der Waals surface area contributed by atoms with Crippen LogP contribution in [-0.4, -0.2) is 177 Å². The zero-order valence-corrected chi connectivity index (χ0v) is 78.7. The van der Waals surface area contributed by atoms with Gasteiger partial charge in [0.2, 0.25) is 17.8 Å². The van der Waals surface area contributed by atoms with E-state index >= 15 is 0 Å². The minimum Gasteiger partial charge on any atom is -0.775 e. The second kappa shape index (κ2) is 43.3. The van der Waals surface area contributed by atoms with Gasteiger partial charge < -0.3 is 73.2 Å². The number of piperidine rings is 3. The summed E-state index contributed by atoms with van der Waals surface area (Å²) >= 11 is 12.1. The van der Waals surface area contributed by atoms with Gasteiger partial charge in [0.1, 0.15) is 16.8 Å². The number of amides is 2. The summed E-state index contributed by atoms with van der Waals surface area (Å²) in [5.41, 5.74) is 14.0. The second-order valence-corrected chi connectivity index (χ2v) is 36.6. The van der Waals surface area contributed by atoms with E-state index in [1.807, 2.05) is 177 Å². The number of rotatable bonds is 16. The van der Waals surface area contributed by atoms with Gasteiger partial charge in [-0.3, -0.25) is 28.2 Å². The first kappa shape index (κ1) is 95.1. The predicted octanol–water partition coefficient (Wildman–Crippen LogP) is 14.1. The Kier molecular flexibility index (Phi) is 31.9. The van der Waals surface area contributed by atoms with Crippen molar-refractivity contribution in [2.75, 3.05) is 73.8 Å². The molecule has 12 aromatic rings. The number of nitrogens with one attached hydrogen (secondary N) is 3. The molecule has 15 heterocycles. The number of carbonyl (C=O) groups is 2. The minimum absolute atomic E-state index is 0. The van der Waals surface area contributed by atoms with E-state index in [0.29, 0.717) is 18.1 Å². The molecule has 129 heavy (non-hydrogen) atoms. The summed E-state index contributed by atoms with van der Waals surface area (Å²) in [5, 5.41) is 56.4. The summed E-state index contributed by atoms with van der Waals surface area (Å²) in [6.07, 6.45) is 33.0. The Hall–Kier alpha value is -11.5. The maximum atomic E-state index is 12.6. The fourth-order valence-corrected chi connectivity index (χ4v) is 19.3. The fraction of sp³-hybridized carbons (Fsp3) is 0.427. The number of halogens is 1. The first-order chi connectivity index (χ1) is 61.8. The van der Waals surface area contributed by atoms with Crippen molar-refractivity contribution in [3.8, 4) is 0 Å². The smallest absolute Gasteiger partial charge is 0.775 e. The molecule has 6 atom stereocenters. The maximum Gasteiger partial charge on any atom is 1.00 e. The van der Waals surface area contributed by atoms with Crippen molar-refractivity contribution in [1.29, 1.82) is 5.53 Å². The van der Waals surface area contributed by atoms with Gasteiger partial charge in [-0.1, -0.05) is 102 Å². The fourth-order valence-electron chi connectivity index (χ4n) is 16.6. The van der Waals surface area contributed by atoms with E-state index in [-0.39, 0.29) is 94.4 Å². The number of imidazole rings is 3. The molecule has 0 bridgehead atoms. The maximum absolute atomic E-state index is 12.6. The van der Waals surface area contributed by atoms with Crippen molar-refractivity contribution < 1.29 is 62.8 Å². The third kappa shape index (κ3) is 23.2. The zero-order chi connectivity index (χ0) is 90.0. The number of fused-ring (bicyclic) bond motifs is 6. The molecule has 7 N–H and O–H groups in total. The molecule has 9 aromatic heterocycles. The molecule has 2 amide bonds. The van der Waals surface area contributed by atoms with Crippen LogP contribution >= 0.6 is 39.5 Å². The minimum atomic E-state index is -0.542. The van der Waals surface area contributed by atoms with Crippen molar-refractivity contribution in [3.63, 3.8) is 0 Å². The summed E-state index contributed by atoms with van der Waals surface area (Å²) in [6, 6.07) is 24.7. The molecule has 3 aromatic carbocycles. The summed E-state index contributed by atoms with van der Waals surface area (Å²) < 4.78 is 36.1. The van der Waals surface area contributed by atoms with E-state index in [1.165, 1.54) is 16.2 Å². The normalized spacial score (nSPS) is 20.2. The van der Waals surface area contributed by atoms with Crippen molar-refractivity contribution >= 4 is 131 Å². The van der Waals surface area contributed by atoms with Crippen molar-refractivity contribution in [2.45, 2.75) is 173 Å². The average molecular weight is 1880 g/mol. The van der Waals surface area contributed by atoms with Crippen LogP contribution in [0.15, 0.2) is 273 Å². The molecule has 6 aliphatic heterocycles. The van der Waals surface area contributed by atoms with E-state index in [2.05, 4.69) is 212 Å². The number of hydrogen-bond donors (Lipinski definition) is 5. The molecule has 6 saturated heterocycles. The van der Waals surface area contributed by atoms with E-state index < -0.39 is 11.2 Å². The largest absolute Gasteiger partial charge is 1.00 e. The second-order valence-electron chi connectivity index (χ2n) is 33.1. The van der Waals surface area contributed by atoms with Crippen LogP contribution in [0, 0.1) is 21.8 Å². The Morgan fingerprint density at radius 2 is 0.822 bits per heavy atom. The van der Waals surface area contributed by atoms with Crippen LogP contribution in [-0.2, 0) is 36.3 Å². The van der Waals surface area contributed by atoms with Crippen molar-refractivity contribution in [1.82, 2.24) is 68.7 Å². The topological polar surface area (TPSA) is 505 Å². The Morgan fingerprint density at radius 3 is 1.22 bits per heavy atom. The number of hydrogen-bond acceptors (Lipinski definition) is 25. The molecule has 0 radical (unpaired) electrons. The first-order valence-electron chi connectivity index (χ1n) is 41.2. The molecular weight excluding hydrogens is 1790 g/mol. The van der Waals surface area contributed by atoms with Crippen LogP contribution in [0.25, 0.3) is 49.3 Å². The van der Waals surface area contributed by atoms with Gasteiger partial charge in [-0.05, 0) is 206 Å². The van der Waals surface area contributed by atoms with E-state index in [0.717, 1.165) is 159 Å². The van der Waals surface area contributed by atoms with Gasteiger partial charge in [-0.25, -0.2) is 39.5 Å². The van der Waals surface area contributed by atoms with Gasteiger partial charge in [0.25, 0.3) is 0 Å². The number of nitrogens with two attached hydrogens (primary N) is 2.